The van der Waals surface area contributed by atoms with Crippen molar-refractivity contribution in [3.05, 3.63) is 34.9 Å². The molecule has 3 saturated heterocycles. The summed E-state index contributed by atoms with van der Waals surface area (Å²) >= 11 is 7.73. The van der Waals surface area contributed by atoms with Gasteiger partial charge in [-0.05, 0) is 57.6 Å². The Morgan fingerprint density at radius 3 is 2.76 bits per heavy atom. The van der Waals surface area contributed by atoms with Crippen molar-refractivity contribution in [3.8, 4) is 17.1 Å². The van der Waals surface area contributed by atoms with Crippen LogP contribution in [0.5, 0.6) is 6.01 Å². The number of ether oxygens (including phenoxy) is 1. The first-order valence-corrected chi connectivity index (χ1v) is 13.9. The number of nitrogens with zero attached hydrogens (tertiary/aromatic N) is 5. The number of anilines is 2. The highest BCUT2D eigenvalue weighted by Gasteiger charge is 2.48. The molecule has 3 N–H and O–H groups in total. The van der Waals surface area contributed by atoms with E-state index in [0.717, 1.165) is 56.8 Å². The molecule has 1 spiro atoms. The fourth-order valence-electron chi connectivity index (χ4n) is 5.85. The maximum absolute atomic E-state index is 16.4. The van der Waals surface area contributed by atoms with Crippen molar-refractivity contribution in [2.45, 2.75) is 30.8 Å². The van der Waals surface area contributed by atoms with E-state index in [1.807, 2.05) is 0 Å². The number of aromatic nitrogens is 3. The van der Waals surface area contributed by atoms with Gasteiger partial charge in [0.25, 0.3) is 0 Å². The molecule has 0 saturated carbocycles. The normalized spacial score (nSPS) is 20.8. The molecule has 7 rings (SSSR count). The van der Waals surface area contributed by atoms with E-state index in [1.165, 1.54) is 12.1 Å². The number of rotatable bonds is 5. The molecule has 2 aromatic carbocycles. The van der Waals surface area contributed by atoms with Gasteiger partial charge in [-0.2, -0.15) is 9.97 Å². The molecule has 4 aromatic rings. The molecule has 0 unspecified atom stereocenters. The molecule has 5 heterocycles. The number of benzene rings is 2. The Labute approximate surface area is 226 Å². The van der Waals surface area contributed by atoms with Crippen LogP contribution in [-0.2, 0) is 0 Å². The molecule has 198 valence electrons. The molecule has 0 radical (unpaired) electrons. The summed E-state index contributed by atoms with van der Waals surface area (Å²) in [5, 5.41) is 4.36. The molecule has 12 heteroatoms. The lowest BCUT2D eigenvalue weighted by molar-refractivity contribution is 0.158. The Morgan fingerprint density at radius 2 is 2.05 bits per heavy atom. The molecule has 0 aliphatic carbocycles. The first kappa shape index (κ1) is 24.2. The molecule has 0 amide bonds. The van der Waals surface area contributed by atoms with Crippen LogP contribution in [0.2, 0.25) is 5.02 Å². The lowest BCUT2D eigenvalue weighted by Gasteiger charge is -2.57. The van der Waals surface area contributed by atoms with Crippen molar-refractivity contribution >= 4 is 55.0 Å². The monoisotopic (exact) mass is 557 g/mol. The molecule has 2 aromatic heterocycles. The van der Waals surface area contributed by atoms with Gasteiger partial charge in [0.1, 0.15) is 23.8 Å². The van der Waals surface area contributed by atoms with Crippen LogP contribution in [0, 0.1) is 11.6 Å². The maximum Gasteiger partial charge on any atom is 0.319 e. The Balaban J connectivity index is 1.36. The number of hydrogen-bond acceptors (Lipinski definition) is 9. The van der Waals surface area contributed by atoms with Gasteiger partial charge in [-0.25, -0.2) is 13.8 Å². The van der Waals surface area contributed by atoms with Gasteiger partial charge in [-0.3, -0.25) is 0 Å². The predicted molar refractivity (Wildman–Crippen MR) is 146 cm³/mol. The zero-order valence-electron chi connectivity index (χ0n) is 20.7. The van der Waals surface area contributed by atoms with Crippen LogP contribution in [0.4, 0.5) is 19.7 Å². The van der Waals surface area contributed by atoms with Crippen LogP contribution in [0.25, 0.3) is 32.2 Å². The molecule has 1 atom stereocenters. The van der Waals surface area contributed by atoms with Crippen LogP contribution < -0.4 is 20.7 Å². The summed E-state index contributed by atoms with van der Waals surface area (Å²) in [6.07, 6.45) is 3.24. The summed E-state index contributed by atoms with van der Waals surface area (Å²) in [6.45, 7) is 3.97. The van der Waals surface area contributed by atoms with Crippen molar-refractivity contribution in [3.63, 3.8) is 0 Å². The van der Waals surface area contributed by atoms with Gasteiger partial charge in [0, 0.05) is 35.6 Å². The largest absolute Gasteiger partial charge is 0.462 e. The first-order valence-electron chi connectivity index (χ1n) is 12.7. The third-order valence-electron chi connectivity index (χ3n) is 8.09. The van der Waals surface area contributed by atoms with E-state index in [0.29, 0.717) is 23.4 Å². The summed E-state index contributed by atoms with van der Waals surface area (Å²) in [5.41, 5.74) is 6.78. The maximum atomic E-state index is 16.4. The van der Waals surface area contributed by atoms with Crippen molar-refractivity contribution in [2.75, 3.05) is 50.5 Å². The standard InChI is InChI=1S/C26H26ClF2N7OS/c1-35-8-2-3-13(35)10-37-25-33-20-15(23(34-25)36-11-26(12-36)6-7-31-26)9-16(27)18(19(20)29)14-4-5-17(28)22-21(14)32-24(30)38-22/h4-5,9,13,31H,2-3,6-8,10-12H2,1H3,(H2,30,32)/t13-/m0/s1. The number of likely N-dealkylation sites (tertiary alicyclic amines) is 1. The number of hydrogen-bond donors (Lipinski definition) is 2. The number of fused-ring (bicyclic) bond motifs is 2. The summed E-state index contributed by atoms with van der Waals surface area (Å²) in [5.74, 6) is -0.502. The van der Waals surface area contributed by atoms with E-state index in [9.17, 15) is 4.39 Å². The average Bonchev–Trinajstić information content (AvgIpc) is 3.43. The predicted octanol–water partition coefficient (Wildman–Crippen LogP) is 4.45. The van der Waals surface area contributed by atoms with E-state index in [2.05, 4.69) is 32.1 Å². The second-order valence-electron chi connectivity index (χ2n) is 10.5. The van der Waals surface area contributed by atoms with Crippen molar-refractivity contribution in [1.29, 1.82) is 0 Å². The van der Waals surface area contributed by atoms with E-state index < -0.39 is 11.6 Å². The van der Waals surface area contributed by atoms with Crippen LogP contribution in [-0.4, -0.2) is 71.3 Å². The highest BCUT2D eigenvalue weighted by molar-refractivity contribution is 7.22. The lowest BCUT2D eigenvalue weighted by atomic mass is 9.80. The molecule has 3 fully saturated rings. The number of nitrogens with two attached hydrogens (primary N) is 1. The van der Waals surface area contributed by atoms with Gasteiger partial charge in [-0.1, -0.05) is 22.9 Å². The SMILES string of the molecule is CN1CCC[C@H]1COc1nc(N2CC3(CCN3)C2)c2cc(Cl)c(-c3ccc(F)c4sc(N)nc34)c(F)c2n1. The fourth-order valence-corrected chi connectivity index (χ4v) is 6.91. The molecular formula is C26H26ClF2N7OS. The lowest BCUT2D eigenvalue weighted by Crippen LogP contribution is -2.76. The smallest absolute Gasteiger partial charge is 0.319 e. The fraction of sp³-hybridized carbons (Fsp3) is 0.423. The van der Waals surface area contributed by atoms with Crippen molar-refractivity contribution in [1.82, 2.24) is 25.2 Å². The summed E-state index contributed by atoms with van der Waals surface area (Å²) < 4.78 is 37.2. The Kier molecular flexibility index (Phi) is 5.63. The van der Waals surface area contributed by atoms with Gasteiger partial charge >= 0.3 is 6.01 Å². The topological polar surface area (TPSA) is 92.4 Å². The number of thiazole rings is 1. The van der Waals surface area contributed by atoms with Gasteiger partial charge in [0.15, 0.2) is 10.9 Å². The van der Waals surface area contributed by atoms with E-state index in [-0.39, 0.29) is 49.0 Å². The van der Waals surface area contributed by atoms with Gasteiger partial charge in [-0.15, -0.1) is 0 Å². The van der Waals surface area contributed by atoms with E-state index in [1.54, 1.807) is 6.07 Å². The number of nitrogen functional groups attached to an aromatic ring is 1. The third-order valence-corrected chi connectivity index (χ3v) is 9.28. The number of halogens is 3. The van der Waals surface area contributed by atoms with Crippen LogP contribution in [0.3, 0.4) is 0 Å². The zero-order valence-corrected chi connectivity index (χ0v) is 22.3. The summed E-state index contributed by atoms with van der Waals surface area (Å²) in [7, 11) is 2.07. The number of likely N-dealkylation sites (N-methyl/N-ethyl adjacent to an activating group) is 1. The van der Waals surface area contributed by atoms with Crippen LogP contribution in [0.1, 0.15) is 19.3 Å². The third kappa shape index (κ3) is 3.78. The van der Waals surface area contributed by atoms with Crippen molar-refractivity contribution in [2.24, 2.45) is 0 Å². The highest BCUT2D eigenvalue weighted by atomic mass is 35.5. The molecule has 3 aliphatic heterocycles. The molecule has 3 aliphatic rings. The molecular weight excluding hydrogens is 532 g/mol. The molecule has 38 heavy (non-hydrogen) atoms. The van der Waals surface area contributed by atoms with E-state index in [4.69, 9.17) is 27.1 Å². The van der Waals surface area contributed by atoms with Crippen LogP contribution in [0.15, 0.2) is 18.2 Å². The second-order valence-corrected chi connectivity index (χ2v) is 11.9. The average molecular weight is 558 g/mol. The Morgan fingerprint density at radius 1 is 1.24 bits per heavy atom. The summed E-state index contributed by atoms with van der Waals surface area (Å²) in [6, 6.07) is 4.83. The van der Waals surface area contributed by atoms with Crippen LogP contribution >= 0.6 is 22.9 Å². The van der Waals surface area contributed by atoms with Gasteiger partial charge in [0.05, 0.1) is 20.8 Å². The minimum absolute atomic E-state index is 0.0946. The van der Waals surface area contributed by atoms with Gasteiger partial charge < -0.3 is 25.6 Å². The minimum Gasteiger partial charge on any atom is -0.462 e. The molecule has 8 nitrogen and oxygen atoms in total. The first-order chi connectivity index (χ1) is 18.3. The Bertz CT molecular complexity index is 1590. The molecule has 0 bridgehead atoms. The minimum atomic E-state index is -0.629. The number of nitrogens with one attached hydrogen (secondary N) is 1. The second kappa shape index (κ2) is 8.84. The highest BCUT2D eigenvalue weighted by Crippen LogP contribution is 2.44. The van der Waals surface area contributed by atoms with Crippen molar-refractivity contribution < 1.29 is 13.5 Å². The van der Waals surface area contributed by atoms with E-state index >= 15 is 4.39 Å². The Hall–Kier alpha value is -2.86. The zero-order chi connectivity index (χ0) is 26.2. The van der Waals surface area contributed by atoms with Gasteiger partial charge in [0.2, 0.25) is 0 Å². The quantitative estimate of drug-likeness (QED) is 0.372. The summed E-state index contributed by atoms with van der Waals surface area (Å²) in [4.78, 5) is 17.9.